The smallest absolute Gasteiger partial charge is 0.123 e. The number of amidine groups is 1. The first-order valence-corrected chi connectivity index (χ1v) is 7.32. The normalized spacial score (nSPS) is 11.3. The summed E-state index contributed by atoms with van der Waals surface area (Å²) in [4.78, 5) is 2.34. The van der Waals surface area contributed by atoms with E-state index in [1.165, 1.54) is 25.0 Å². The van der Waals surface area contributed by atoms with Crippen molar-refractivity contribution in [3.05, 3.63) is 35.1 Å². The van der Waals surface area contributed by atoms with Crippen molar-refractivity contribution in [3.8, 4) is 0 Å². The summed E-state index contributed by atoms with van der Waals surface area (Å²) < 4.78 is 13.3. The predicted molar refractivity (Wildman–Crippen MR) is 82.5 cm³/mol. The van der Waals surface area contributed by atoms with E-state index in [1.807, 2.05) is 0 Å². The Morgan fingerprint density at radius 1 is 1.35 bits per heavy atom. The lowest BCUT2D eigenvalue weighted by Gasteiger charge is -2.27. The molecule has 1 rings (SSSR count). The van der Waals surface area contributed by atoms with Gasteiger partial charge in [-0.2, -0.15) is 0 Å². The second-order valence-electron chi connectivity index (χ2n) is 5.49. The predicted octanol–water partition coefficient (Wildman–Crippen LogP) is 3.51. The van der Waals surface area contributed by atoms with Crippen molar-refractivity contribution < 1.29 is 4.39 Å². The summed E-state index contributed by atoms with van der Waals surface area (Å²) in [5, 5.41) is 7.59. The molecule has 3 N–H and O–H groups in total. The zero-order valence-electron chi connectivity index (χ0n) is 12.7. The van der Waals surface area contributed by atoms with Gasteiger partial charge in [-0.05, 0) is 44.5 Å². The Balaban J connectivity index is 2.85. The van der Waals surface area contributed by atoms with Gasteiger partial charge >= 0.3 is 0 Å². The van der Waals surface area contributed by atoms with Gasteiger partial charge in [-0.25, -0.2) is 4.39 Å². The molecule has 1 aromatic carbocycles. The van der Waals surface area contributed by atoms with Crippen LogP contribution in [0.2, 0.25) is 0 Å². The van der Waals surface area contributed by atoms with E-state index in [2.05, 4.69) is 25.7 Å². The Bertz CT molecular complexity index is 443. The summed E-state index contributed by atoms with van der Waals surface area (Å²) in [6, 6.07) is 4.94. The van der Waals surface area contributed by atoms with E-state index in [-0.39, 0.29) is 11.7 Å². The second-order valence-corrected chi connectivity index (χ2v) is 5.49. The number of benzene rings is 1. The highest BCUT2D eigenvalue weighted by Gasteiger charge is 2.14. The first-order chi connectivity index (χ1) is 9.45. The van der Waals surface area contributed by atoms with Crippen molar-refractivity contribution in [2.45, 2.75) is 52.6 Å². The van der Waals surface area contributed by atoms with Crippen LogP contribution in [0.5, 0.6) is 0 Å². The molecule has 0 aliphatic rings. The molecule has 0 spiro atoms. The molecular weight excluding hydrogens is 253 g/mol. The van der Waals surface area contributed by atoms with Crippen LogP contribution in [0.1, 0.15) is 51.2 Å². The topological polar surface area (TPSA) is 53.1 Å². The van der Waals surface area contributed by atoms with Crippen molar-refractivity contribution in [2.75, 3.05) is 6.54 Å². The molecule has 0 bridgehead atoms. The zero-order valence-corrected chi connectivity index (χ0v) is 12.7. The Labute approximate surface area is 121 Å². The van der Waals surface area contributed by atoms with Crippen LogP contribution in [0.3, 0.4) is 0 Å². The van der Waals surface area contributed by atoms with Gasteiger partial charge < -0.3 is 5.73 Å². The van der Waals surface area contributed by atoms with Gasteiger partial charge in [0.1, 0.15) is 11.7 Å². The van der Waals surface area contributed by atoms with Crippen molar-refractivity contribution in [3.63, 3.8) is 0 Å². The highest BCUT2D eigenvalue weighted by Crippen LogP contribution is 2.16. The molecule has 4 heteroatoms. The molecule has 0 saturated heterocycles. The number of nitrogens with two attached hydrogens (primary N) is 1. The summed E-state index contributed by atoms with van der Waals surface area (Å²) in [6.45, 7) is 8.22. The number of nitrogens with zero attached hydrogens (tertiary/aromatic N) is 1. The van der Waals surface area contributed by atoms with Gasteiger partial charge in [0.2, 0.25) is 0 Å². The maximum absolute atomic E-state index is 13.3. The average Bonchev–Trinajstić information content (AvgIpc) is 2.39. The van der Waals surface area contributed by atoms with E-state index in [4.69, 9.17) is 11.1 Å². The first-order valence-electron chi connectivity index (χ1n) is 7.32. The number of rotatable bonds is 8. The third-order valence-electron chi connectivity index (χ3n) is 3.51. The Morgan fingerprint density at radius 2 is 2.05 bits per heavy atom. The standard InChI is InChI=1S/C16H26FN3/c1-4-5-6-9-20(12(2)3)11-13-7-8-14(17)10-15(13)16(18)19/h7-8,10,12H,4-6,9,11H2,1-3H3,(H3,18,19). The fraction of sp³-hybridized carbons (Fsp3) is 0.562. The van der Waals surface area contributed by atoms with Crippen LogP contribution in [0.15, 0.2) is 18.2 Å². The van der Waals surface area contributed by atoms with E-state index < -0.39 is 0 Å². The molecule has 20 heavy (non-hydrogen) atoms. The molecule has 3 nitrogen and oxygen atoms in total. The van der Waals surface area contributed by atoms with Gasteiger partial charge in [-0.15, -0.1) is 0 Å². The molecule has 0 saturated carbocycles. The van der Waals surface area contributed by atoms with Gasteiger partial charge in [-0.1, -0.05) is 25.8 Å². The van der Waals surface area contributed by atoms with Crippen LogP contribution in [0.4, 0.5) is 4.39 Å². The largest absolute Gasteiger partial charge is 0.384 e. The Morgan fingerprint density at radius 3 is 2.60 bits per heavy atom. The fourth-order valence-electron chi connectivity index (χ4n) is 2.24. The number of halogens is 1. The average molecular weight is 279 g/mol. The van der Waals surface area contributed by atoms with Crippen molar-refractivity contribution in [2.24, 2.45) is 5.73 Å². The minimum atomic E-state index is -0.346. The summed E-state index contributed by atoms with van der Waals surface area (Å²) in [7, 11) is 0. The van der Waals surface area contributed by atoms with Crippen LogP contribution < -0.4 is 5.73 Å². The highest BCUT2D eigenvalue weighted by molar-refractivity contribution is 5.96. The maximum atomic E-state index is 13.3. The molecule has 112 valence electrons. The maximum Gasteiger partial charge on any atom is 0.123 e. The van der Waals surface area contributed by atoms with Crippen LogP contribution in [-0.4, -0.2) is 23.3 Å². The van der Waals surface area contributed by atoms with E-state index in [9.17, 15) is 4.39 Å². The summed E-state index contributed by atoms with van der Waals surface area (Å²) in [5.74, 6) is -0.419. The summed E-state index contributed by atoms with van der Waals surface area (Å²) >= 11 is 0. The molecule has 0 aliphatic heterocycles. The molecule has 0 aliphatic carbocycles. The second kappa shape index (κ2) is 8.00. The van der Waals surface area contributed by atoms with Crippen LogP contribution in [-0.2, 0) is 6.54 Å². The first kappa shape index (κ1) is 16.6. The Hall–Kier alpha value is -1.42. The third kappa shape index (κ3) is 4.93. The minimum absolute atomic E-state index is 0.0724. The number of hydrogen-bond acceptors (Lipinski definition) is 2. The SMILES string of the molecule is CCCCCN(Cc1ccc(F)cc1C(=N)N)C(C)C. The monoisotopic (exact) mass is 279 g/mol. The molecule has 0 aromatic heterocycles. The molecule has 0 amide bonds. The number of nitrogen functional groups attached to an aromatic ring is 1. The van der Waals surface area contributed by atoms with E-state index in [0.29, 0.717) is 18.2 Å². The van der Waals surface area contributed by atoms with Crippen LogP contribution in [0.25, 0.3) is 0 Å². The van der Waals surface area contributed by atoms with Crippen molar-refractivity contribution in [1.82, 2.24) is 4.90 Å². The summed E-state index contributed by atoms with van der Waals surface area (Å²) in [6.07, 6.45) is 3.57. The summed E-state index contributed by atoms with van der Waals surface area (Å²) in [5.41, 5.74) is 6.98. The number of unbranched alkanes of at least 4 members (excludes halogenated alkanes) is 2. The Kier molecular flexibility index (Phi) is 6.65. The molecular formula is C16H26FN3. The van der Waals surface area contributed by atoms with Gasteiger partial charge in [0.15, 0.2) is 0 Å². The molecule has 0 atom stereocenters. The van der Waals surface area contributed by atoms with Gasteiger partial charge in [0.05, 0.1) is 0 Å². The minimum Gasteiger partial charge on any atom is -0.384 e. The van der Waals surface area contributed by atoms with Crippen LogP contribution in [0, 0.1) is 11.2 Å². The molecule has 0 heterocycles. The zero-order chi connectivity index (χ0) is 15.1. The van der Waals surface area contributed by atoms with E-state index >= 15 is 0 Å². The lowest BCUT2D eigenvalue weighted by molar-refractivity contribution is 0.208. The van der Waals surface area contributed by atoms with Crippen LogP contribution >= 0.6 is 0 Å². The highest BCUT2D eigenvalue weighted by atomic mass is 19.1. The van der Waals surface area contributed by atoms with Crippen molar-refractivity contribution >= 4 is 5.84 Å². The molecule has 0 fully saturated rings. The molecule has 0 unspecified atom stereocenters. The van der Waals surface area contributed by atoms with Gasteiger partial charge in [0.25, 0.3) is 0 Å². The number of nitrogens with one attached hydrogen (secondary N) is 1. The lowest BCUT2D eigenvalue weighted by Crippen LogP contribution is -2.32. The van der Waals surface area contributed by atoms with Gasteiger partial charge in [-0.3, -0.25) is 10.3 Å². The fourth-order valence-corrected chi connectivity index (χ4v) is 2.24. The van der Waals surface area contributed by atoms with E-state index in [1.54, 1.807) is 6.07 Å². The molecule has 1 aromatic rings. The number of hydrogen-bond donors (Lipinski definition) is 2. The van der Waals surface area contributed by atoms with E-state index in [0.717, 1.165) is 18.5 Å². The van der Waals surface area contributed by atoms with Gasteiger partial charge in [0, 0.05) is 18.2 Å². The lowest BCUT2D eigenvalue weighted by atomic mass is 10.0. The quantitative estimate of drug-likeness (QED) is 0.434. The third-order valence-corrected chi connectivity index (χ3v) is 3.51. The van der Waals surface area contributed by atoms with Crippen molar-refractivity contribution in [1.29, 1.82) is 5.41 Å². The molecule has 0 radical (unpaired) electrons.